The van der Waals surface area contributed by atoms with Crippen LogP contribution in [0.5, 0.6) is 0 Å². The third-order valence-electron chi connectivity index (χ3n) is 2.41. The van der Waals surface area contributed by atoms with Crippen LogP contribution >= 0.6 is 0 Å². The van der Waals surface area contributed by atoms with Crippen LogP contribution in [0.3, 0.4) is 0 Å². The van der Waals surface area contributed by atoms with E-state index in [1.54, 1.807) is 18.6 Å². The molecule has 5 heteroatoms. The minimum absolute atomic E-state index is 0.522. The second kappa shape index (κ2) is 3.30. The minimum Gasteiger partial charge on any atom is -0.384 e. The van der Waals surface area contributed by atoms with Gasteiger partial charge in [0.25, 0.3) is 0 Å². The van der Waals surface area contributed by atoms with Gasteiger partial charge in [0.05, 0.1) is 0 Å². The summed E-state index contributed by atoms with van der Waals surface area (Å²) in [5.41, 5.74) is 8.44. The zero-order chi connectivity index (χ0) is 11.0. The molecule has 3 aromatic heterocycles. The Morgan fingerprint density at radius 1 is 1.06 bits per heavy atom. The lowest BCUT2D eigenvalue weighted by Crippen LogP contribution is -1.90. The van der Waals surface area contributed by atoms with E-state index in [-0.39, 0.29) is 0 Å². The maximum Gasteiger partial charge on any atom is 0.160 e. The zero-order valence-corrected chi connectivity index (χ0v) is 8.41. The number of pyridine rings is 2. The molecule has 0 saturated carbocycles. The topological polar surface area (TPSA) is 69.1 Å². The van der Waals surface area contributed by atoms with E-state index in [1.165, 1.54) is 0 Å². The molecular weight excluding hydrogens is 202 g/mol. The van der Waals surface area contributed by atoms with E-state index >= 15 is 0 Å². The van der Waals surface area contributed by atoms with Gasteiger partial charge in [-0.3, -0.25) is 4.40 Å². The molecule has 0 aliphatic carbocycles. The SMILES string of the molecule is Nc1ccc(-c2ccc3nncn3c2)cn1. The summed E-state index contributed by atoms with van der Waals surface area (Å²) in [6.45, 7) is 0. The average Bonchev–Trinajstić information content (AvgIpc) is 2.77. The van der Waals surface area contributed by atoms with Crippen molar-refractivity contribution in [1.82, 2.24) is 19.6 Å². The zero-order valence-electron chi connectivity index (χ0n) is 8.41. The van der Waals surface area contributed by atoms with Gasteiger partial charge in [0.2, 0.25) is 0 Å². The lowest BCUT2D eigenvalue weighted by atomic mass is 10.1. The molecule has 0 atom stereocenters. The average molecular weight is 211 g/mol. The van der Waals surface area contributed by atoms with Crippen LogP contribution in [0, 0.1) is 0 Å². The lowest BCUT2D eigenvalue weighted by Gasteiger charge is -2.01. The number of nitrogen functional groups attached to an aromatic ring is 1. The van der Waals surface area contributed by atoms with Crippen molar-refractivity contribution in [3.63, 3.8) is 0 Å². The van der Waals surface area contributed by atoms with Gasteiger partial charge in [0.1, 0.15) is 12.1 Å². The standard InChI is InChI=1S/C11H9N5/c12-10-3-1-8(5-13-10)9-2-4-11-15-14-7-16(11)6-9/h1-7H,(H2,12,13). The predicted octanol–water partition coefficient (Wildman–Crippen LogP) is 1.37. The van der Waals surface area contributed by atoms with Crippen molar-refractivity contribution in [3.8, 4) is 11.1 Å². The van der Waals surface area contributed by atoms with Gasteiger partial charge >= 0.3 is 0 Å². The van der Waals surface area contributed by atoms with E-state index in [0.29, 0.717) is 5.82 Å². The molecule has 0 aromatic carbocycles. The molecule has 78 valence electrons. The Morgan fingerprint density at radius 2 is 1.94 bits per heavy atom. The normalized spacial score (nSPS) is 10.8. The number of hydrogen-bond acceptors (Lipinski definition) is 4. The van der Waals surface area contributed by atoms with E-state index in [4.69, 9.17) is 5.73 Å². The molecule has 3 heterocycles. The predicted molar refractivity (Wildman–Crippen MR) is 60.6 cm³/mol. The third kappa shape index (κ3) is 1.38. The van der Waals surface area contributed by atoms with Gasteiger partial charge in [-0.2, -0.15) is 0 Å². The molecule has 16 heavy (non-hydrogen) atoms. The van der Waals surface area contributed by atoms with Gasteiger partial charge in [-0.1, -0.05) is 0 Å². The van der Waals surface area contributed by atoms with Gasteiger partial charge in [0.15, 0.2) is 5.65 Å². The van der Waals surface area contributed by atoms with Crippen LogP contribution in [0.25, 0.3) is 16.8 Å². The molecule has 0 saturated heterocycles. The second-order valence-corrected chi connectivity index (χ2v) is 3.49. The first-order chi connectivity index (χ1) is 7.83. The molecule has 0 radical (unpaired) electrons. The molecule has 5 nitrogen and oxygen atoms in total. The molecule has 0 unspecified atom stereocenters. The monoisotopic (exact) mass is 211 g/mol. The molecule has 0 fully saturated rings. The first-order valence-electron chi connectivity index (χ1n) is 4.84. The smallest absolute Gasteiger partial charge is 0.160 e. The molecule has 3 aromatic rings. The van der Waals surface area contributed by atoms with Crippen LogP contribution in [0.2, 0.25) is 0 Å². The Morgan fingerprint density at radius 3 is 2.75 bits per heavy atom. The summed E-state index contributed by atoms with van der Waals surface area (Å²) in [6, 6.07) is 7.62. The van der Waals surface area contributed by atoms with Crippen LogP contribution in [0.15, 0.2) is 43.0 Å². The number of anilines is 1. The fourth-order valence-electron chi connectivity index (χ4n) is 1.57. The van der Waals surface area contributed by atoms with Crippen molar-refractivity contribution in [1.29, 1.82) is 0 Å². The van der Waals surface area contributed by atoms with Crippen LogP contribution in [0.4, 0.5) is 5.82 Å². The highest BCUT2D eigenvalue weighted by Gasteiger charge is 2.00. The van der Waals surface area contributed by atoms with Gasteiger partial charge in [-0.15, -0.1) is 10.2 Å². The number of nitrogens with two attached hydrogens (primary N) is 1. The summed E-state index contributed by atoms with van der Waals surface area (Å²) in [7, 11) is 0. The quantitative estimate of drug-likeness (QED) is 0.660. The van der Waals surface area contributed by atoms with Crippen molar-refractivity contribution >= 4 is 11.5 Å². The highest BCUT2D eigenvalue weighted by atomic mass is 15.2. The van der Waals surface area contributed by atoms with Crippen molar-refractivity contribution in [2.45, 2.75) is 0 Å². The summed E-state index contributed by atoms with van der Waals surface area (Å²) >= 11 is 0. The van der Waals surface area contributed by atoms with Crippen LogP contribution in [-0.4, -0.2) is 19.6 Å². The number of hydrogen-bond donors (Lipinski definition) is 1. The fourth-order valence-corrected chi connectivity index (χ4v) is 1.57. The molecule has 2 N–H and O–H groups in total. The van der Waals surface area contributed by atoms with E-state index in [0.717, 1.165) is 16.8 Å². The van der Waals surface area contributed by atoms with Crippen LogP contribution in [-0.2, 0) is 0 Å². The minimum atomic E-state index is 0.522. The van der Waals surface area contributed by atoms with Crippen molar-refractivity contribution in [2.24, 2.45) is 0 Å². The number of nitrogens with zero attached hydrogens (tertiary/aromatic N) is 4. The van der Waals surface area contributed by atoms with Gasteiger partial charge in [-0.05, 0) is 24.3 Å². The van der Waals surface area contributed by atoms with E-state index < -0.39 is 0 Å². The summed E-state index contributed by atoms with van der Waals surface area (Å²) < 4.78 is 1.87. The number of rotatable bonds is 1. The highest BCUT2D eigenvalue weighted by molar-refractivity contribution is 5.64. The van der Waals surface area contributed by atoms with Crippen LogP contribution in [0.1, 0.15) is 0 Å². The third-order valence-corrected chi connectivity index (χ3v) is 2.41. The maximum atomic E-state index is 5.54. The first-order valence-corrected chi connectivity index (χ1v) is 4.84. The van der Waals surface area contributed by atoms with Crippen molar-refractivity contribution in [3.05, 3.63) is 43.0 Å². The Bertz CT molecular complexity index is 626. The molecular formula is C11H9N5. The molecule has 0 spiro atoms. The van der Waals surface area contributed by atoms with Gasteiger partial charge in [0, 0.05) is 23.5 Å². The lowest BCUT2D eigenvalue weighted by molar-refractivity contribution is 1.10. The summed E-state index contributed by atoms with van der Waals surface area (Å²) in [6.07, 6.45) is 5.38. The van der Waals surface area contributed by atoms with E-state index in [2.05, 4.69) is 15.2 Å². The summed E-state index contributed by atoms with van der Waals surface area (Å²) in [5.74, 6) is 0.522. The number of aromatic nitrogens is 4. The Balaban J connectivity index is 2.14. The Labute approximate surface area is 91.6 Å². The maximum absolute atomic E-state index is 5.54. The van der Waals surface area contributed by atoms with Crippen molar-refractivity contribution in [2.75, 3.05) is 5.73 Å². The molecule has 0 aliphatic heterocycles. The Hall–Kier alpha value is -2.43. The second-order valence-electron chi connectivity index (χ2n) is 3.49. The Kier molecular flexibility index (Phi) is 1.83. The fraction of sp³-hybridized carbons (Fsp3) is 0. The summed E-state index contributed by atoms with van der Waals surface area (Å²) in [4.78, 5) is 4.06. The van der Waals surface area contributed by atoms with Crippen molar-refractivity contribution < 1.29 is 0 Å². The first kappa shape index (κ1) is 8.84. The van der Waals surface area contributed by atoms with Crippen LogP contribution < -0.4 is 5.73 Å². The number of fused-ring (bicyclic) bond motifs is 1. The molecule has 0 aliphatic rings. The molecule has 0 amide bonds. The molecule has 0 bridgehead atoms. The largest absolute Gasteiger partial charge is 0.384 e. The van der Waals surface area contributed by atoms with Gasteiger partial charge in [-0.25, -0.2) is 4.98 Å². The van der Waals surface area contributed by atoms with Gasteiger partial charge < -0.3 is 5.73 Å². The van der Waals surface area contributed by atoms with E-state index in [9.17, 15) is 0 Å². The highest BCUT2D eigenvalue weighted by Crippen LogP contribution is 2.19. The summed E-state index contributed by atoms with van der Waals surface area (Å²) in [5, 5.41) is 7.77. The van der Waals surface area contributed by atoms with E-state index in [1.807, 2.05) is 28.8 Å². The molecule has 3 rings (SSSR count).